The molecule has 190 valence electrons. The van der Waals surface area contributed by atoms with Gasteiger partial charge in [0.05, 0.1) is 25.4 Å². The minimum Gasteiger partial charge on any atom is -0.490 e. The standard InChI is InChI=1S/C26H27ClN2O5S2/c1-3-33-22-10-7-18(15-23(22)34-4-2)11-13-28-16-24-25(30)26-21(12-14-35-26)29(36(24,31)32)17-19-5-8-20(27)9-6-19/h5-10,12,14-16,28H,3-4,11,13,17H2,1-2H3. The molecule has 2 heterocycles. The van der Waals surface area contributed by atoms with Crippen LogP contribution in [-0.2, 0) is 23.0 Å². The summed E-state index contributed by atoms with van der Waals surface area (Å²) in [7, 11) is -4.06. The number of allylic oxidation sites excluding steroid dienone is 1. The summed E-state index contributed by atoms with van der Waals surface area (Å²) in [6, 6.07) is 14.4. The van der Waals surface area contributed by atoms with Gasteiger partial charge in [-0.25, -0.2) is 8.42 Å². The van der Waals surface area contributed by atoms with E-state index in [2.05, 4.69) is 5.32 Å². The minimum absolute atomic E-state index is 0.0975. The topological polar surface area (TPSA) is 84.9 Å². The van der Waals surface area contributed by atoms with Crippen molar-refractivity contribution >= 4 is 44.4 Å². The predicted octanol–water partition coefficient (Wildman–Crippen LogP) is 5.41. The van der Waals surface area contributed by atoms with Crippen molar-refractivity contribution in [2.75, 3.05) is 24.1 Å². The first-order valence-electron chi connectivity index (χ1n) is 11.6. The van der Waals surface area contributed by atoms with Gasteiger partial charge >= 0.3 is 0 Å². The van der Waals surface area contributed by atoms with Crippen molar-refractivity contribution in [3.05, 3.63) is 86.0 Å². The van der Waals surface area contributed by atoms with Gasteiger partial charge in [0, 0.05) is 17.8 Å². The van der Waals surface area contributed by atoms with E-state index < -0.39 is 15.8 Å². The Morgan fingerprint density at radius 3 is 2.42 bits per heavy atom. The van der Waals surface area contributed by atoms with E-state index in [1.807, 2.05) is 32.0 Å². The third-order valence-electron chi connectivity index (χ3n) is 5.55. The third-order valence-corrected chi connectivity index (χ3v) is 8.47. The fourth-order valence-electron chi connectivity index (χ4n) is 3.84. The summed E-state index contributed by atoms with van der Waals surface area (Å²) < 4.78 is 39.5. The van der Waals surface area contributed by atoms with Crippen LogP contribution < -0.4 is 19.1 Å². The normalized spacial score (nSPS) is 15.6. The van der Waals surface area contributed by atoms with Crippen LogP contribution in [0.3, 0.4) is 0 Å². The lowest BCUT2D eigenvalue weighted by Crippen LogP contribution is -2.38. The van der Waals surface area contributed by atoms with Gasteiger partial charge in [-0.3, -0.25) is 9.10 Å². The second-order valence-corrected chi connectivity index (χ2v) is 11.1. The molecule has 1 aliphatic heterocycles. The number of hydrogen-bond donors (Lipinski definition) is 1. The molecule has 1 aliphatic rings. The minimum atomic E-state index is -4.06. The lowest BCUT2D eigenvalue weighted by Gasteiger charge is -2.29. The molecule has 0 fully saturated rings. The summed E-state index contributed by atoms with van der Waals surface area (Å²) in [5.41, 5.74) is 2.16. The van der Waals surface area contributed by atoms with Crippen LogP contribution in [0.5, 0.6) is 11.5 Å². The Morgan fingerprint density at radius 1 is 1.00 bits per heavy atom. The zero-order chi connectivity index (χ0) is 25.7. The molecule has 0 spiro atoms. The molecule has 10 heteroatoms. The van der Waals surface area contributed by atoms with Crippen LogP contribution in [0, 0.1) is 0 Å². The summed E-state index contributed by atoms with van der Waals surface area (Å²) in [6.45, 7) is 5.41. The van der Waals surface area contributed by atoms with Crippen molar-refractivity contribution < 1.29 is 22.7 Å². The first-order chi connectivity index (χ1) is 17.3. The molecule has 4 rings (SSSR count). The lowest BCUT2D eigenvalue weighted by molar-refractivity contribution is 0.104. The maximum atomic E-state index is 13.5. The Morgan fingerprint density at radius 2 is 1.69 bits per heavy atom. The van der Waals surface area contributed by atoms with Gasteiger partial charge in [0.2, 0.25) is 5.78 Å². The molecule has 0 saturated heterocycles. The quantitative estimate of drug-likeness (QED) is 0.270. The number of sulfonamides is 1. The van der Waals surface area contributed by atoms with E-state index >= 15 is 0 Å². The maximum Gasteiger partial charge on any atom is 0.270 e. The number of hydrogen-bond acceptors (Lipinski definition) is 7. The largest absolute Gasteiger partial charge is 0.490 e. The Bertz CT molecular complexity index is 1370. The van der Waals surface area contributed by atoms with Gasteiger partial charge in [-0.15, -0.1) is 11.3 Å². The van der Waals surface area contributed by atoms with E-state index in [-0.39, 0.29) is 11.4 Å². The van der Waals surface area contributed by atoms with Crippen molar-refractivity contribution in [1.82, 2.24) is 5.32 Å². The number of ketones is 1. The number of thiophene rings is 1. The summed E-state index contributed by atoms with van der Waals surface area (Å²) in [6.07, 6.45) is 1.91. The number of fused-ring (bicyclic) bond motifs is 1. The number of halogens is 1. The highest BCUT2D eigenvalue weighted by Gasteiger charge is 2.41. The molecule has 0 bridgehead atoms. The number of anilines is 1. The van der Waals surface area contributed by atoms with Gasteiger partial charge in [-0.05, 0) is 67.1 Å². The molecular formula is C26H27ClN2O5S2. The Hall–Kier alpha value is -3.01. The Balaban J connectivity index is 1.52. The molecule has 0 atom stereocenters. The number of rotatable bonds is 10. The fourth-order valence-corrected chi connectivity index (χ4v) is 6.48. The Labute approximate surface area is 220 Å². The van der Waals surface area contributed by atoms with Gasteiger partial charge in [0.15, 0.2) is 16.4 Å². The number of ether oxygens (including phenoxy) is 2. The molecular weight excluding hydrogens is 520 g/mol. The first-order valence-corrected chi connectivity index (χ1v) is 14.3. The molecule has 0 saturated carbocycles. The number of carbonyl (C=O) groups excluding carboxylic acids is 1. The third kappa shape index (κ3) is 5.53. The molecule has 1 aromatic heterocycles. The number of carbonyl (C=O) groups is 1. The fraction of sp³-hybridized carbons (Fsp3) is 0.269. The molecule has 0 aliphatic carbocycles. The van der Waals surface area contributed by atoms with E-state index in [1.54, 1.807) is 35.7 Å². The van der Waals surface area contributed by atoms with E-state index in [1.165, 1.54) is 21.8 Å². The van der Waals surface area contributed by atoms with E-state index in [9.17, 15) is 13.2 Å². The average molecular weight is 547 g/mol. The van der Waals surface area contributed by atoms with Crippen LogP contribution in [0.15, 0.2) is 65.0 Å². The van der Waals surface area contributed by atoms with Gasteiger partial charge in [0.25, 0.3) is 10.0 Å². The summed E-state index contributed by atoms with van der Waals surface area (Å²) in [5, 5.41) is 5.32. The molecule has 0 unspecified atom stereocenters. The van der Waals surface area contributed by atoms with Crippen LogP contribution in [0.25, 0.3) is 0 Å². The van der Waals surface area contributed by atoms with Crippen molar-refractivity contribution in [2.45, 2.75) is 26.8 Å². The Kier molecular flexibility index (Phi) is 8.23. The van der Waals surface area contributed by atoms with Gasteiger partial charge in [0.1, 0.15) is 4.88 Å². The zero-order valence-electron chi connectivity index (χ0n) is 20.0. The molecule has 0 amide bonds. The number of nitrogens with one attached hydrogen (secondary N) is 1. The van der Waals surface area contributed by atoms with Crippen LogP contribution in [-0.4, -0.2) is 34.0 Å². The molecule has 2 aromatic carbocycles. The molecule has 1 N–H and O–H groups in total. The van der Waals surface area contributed by atoms with Gasteiger partial charge in [-0.2, -0.15) is 0 Å². The van der Waals surface area contributed by atoms with Crippen molar-refractivity contribution in [1.29, 1.82) is 0 Å². The van der Waals surface area contributed by atoms with Crippen molar-refractivity contribution in [3.63, 3.8) is 0 Å². The van der Waals surface area contributed by atoms with E-state index in [0.29, 0.717) is 53.3 Å². The summed E-state index contributed by atoms with van der Waals surface area (Å²) >= 11 is 7.20. The number of benzene rings is 2. The average Bonchev–Trinajstić information content (AvgIpc) is 3.34. The monoisotopic (exact) mass is 546 g/mol. The van der Waals surface area contributed by atoms with Crippen molar-refractivity contribution in [3.8, 4) is 11.5 Å². The molecule has 36 heavy (non-hydrogen) atoms. The molecule has 3 aromatic rings. The lowest BCUT2D eigenvalue weighted by atomic mass is 10.1. The second-order valence-electron chi connectivity index (χ2n) is 7.96. The van der Waals surface area contributed by atoms with Crippen LogP contribution in [0.1, 0.15) is 34.6 Å². The van der Waals surface area contributed by atoms with Crippen LogP contribution >= 0.6 is 22.9 Å². The van der Waals surface area contributed by atoms with Crippen molar-refractivity contribution in [2.24, 2.45) is 0 Å². The predicted molar refractivity (Wildman–Crippen MR) is 144 cm³/mol. The second kappa shape index (κ2) is 11.4. The van der Waals surface area contributed by atoms with Gasteiger partial charge < -0.3 is 14.8 Å². The zero-order valence-corrected chi connectivity index (χ0v) is 22.4. The van der Waals surface area contributed by atoms with E-state index in [4.69, 9.17) is 21.1 Å². The molecule has 0 radical (unpaired) electrons. The number of Topliss-reactive ketones (excluding diaryl/α,β-unsaturated/α-hetero) is 1. The maximum absolute atomic E-state index is 13.5. The highest BCUT2D eigenvalue weighted by atomic mass is 35.5. The number of nitrogens with zero attached hydrogens (tertiary/aromatic N) is 1. The molecule has 7 nitrogen and oxygen atoms in total. The van der Waals surface area contributed by atoms with Crippen LogP contribution in [0.2, 0.25) is 5.02 Å². The van der Waals surface area contributed by atoms with E-state index in [0.717, 1.165) is 11.1 Å². The summed E-state index contributed by atoms with van der Waals surface area (Å²) in [4.78, 5) is 13.2. The van der Waals surface area contributed by atoms with Crippen LogP contribution in [0.4, 0.5) is 5.69 Å². The first kappa shape index (κ1) is 26.1. The summed E-state index contributed by atoms with van der Waals surface area (Å²) in [5.74, 6) is 0.854. The highest BCUT2D eigenvalue weighted by Crippen LogP contribution is 2.39. The smallest absolute Gasteiger partial charge is 0.270 e. The SMILES string of the molecule is CCOc1ccc(CCNC=C2C(=O)c3sccc3N(Cc3ccc(Cl)cc3)S2(=O)=O)cc1OCC. The van der Waals surface area contributed by atoms with Gasteiger partial charge in [-0.1, -0.05) is 29.8 Å². The highest BCUT2D eigenvalue weighted by molar-refractivity contribution is 7.97.